The van der Waals surface area contributed by atoms with E-state index in [0.717, 1.165) is 53.1 Å². The molecule has 0 aliphatic carbocycles. The molecule has 3 heterocycles. The molecule has 0 radical (unpaired) electrons. The van der Waals surface area contributed by atoms with Crippen LogP contribution in [0.15, 0.2) is 53.1 Å². The molecule has 0 atom stereocenters. The Morgan fingerprint density at radius 2 is 1.90 bits per heavy atom. The number of thiazole rings is 1. The zero-order chi connectivity index (χ0) is 21.2. The van der Waals surface area contributed by atoms with Gasteiger partial charge in [-0.05, 0) is 30.3 Å². The lowest BCUT2D eigenvalue weighted by Gasteiger charge is -2.29. The molecule has 0 bridgehead atoms. The standard InChI is InChI=1S/C22H20BrN5O2S/c23-15-5-6-18-20(13-15)31-22(26-18)28(8-7-27-9-11-30-12-10-27)21(29)19-14-24-16-3-1-2-4-17(16)25-19/h1-6,13-14H,7-12H2. The number of fused-ring (bicyclic) bond motifs is 2. The van der Waals surface area contributed by atoms with Crippen molar-refractivity contribution >= 4 is 59.6 Å². The van der Waals surface area contributed by atoms with E-state index in [0.29, 0.717) is 22.9 Å². The molecule has 2 aromatic carbocycles. The molecular weight excluding hydrogens is 478 g/mol. The number of hydrogen-bond donors (Lipinski definition) is 0. The SMILES string of the molecule is O=C(c1cnc2ccccc2n1)N(CCN1CCOCC1)c1nc2ccc(Br)cc2s1. The van der Waals surface area contributed by atoms with Gasteiger partial charge in [0, 0.05) is 30.7 Å². The molecule has 0 unspecified atom stereocenters. The normalized spacial score (nSPS) is 14.9. The van der Waals surface area contributed by atoms with Crippen molar-refractivity contribution < 1.29 is 9.53 Å². The van der Waals surface area contributed by atoms with E-state index in [2.05, 4.69) is 30.8 Å². The predicted molar refractivity (Wildman–Crippen MR) is 126 cm³/mol. The first-order valence-electron chi connectivity index (χ1n) is 10.1. The Bertz CT molecular complexity index is 1240. The number of morpholine rings is 1. The van der Waals surface area contributed by atoms with Gasteiger partial charge in [0.1, 0.15) is 5.69 Å². The third kappa shape index (κ3) is 4.45. The van der Waals surface area contributed by atoms with E-state index in [1.165, 1.54) is 11.3 Å². The number of carbonyl (C=O) groups excluding carboxylic acids is 1. The Kier molecular flexibility index (Phi) is 5.91. The number of carbonyl (C=O) groups is 1. The summed E-state index contributed by atoms with van der Waals surface area (Å²) in [6.45, 7) is 4.44. The number of aromatic nitrogens is 3. The van der Waals surface area contributed by atoms with Crippen molar-refractivity contribution in [2.24, 2.45) is 0 Å². The minimum Gasteiger partial charge on any atom is -0.379 e. The van der Waals surface area contributed by atoms with Crippen molar-refractivity contribution in [1.82, 2.24) is 19.9 Å². The monoisotopic (exact) mass is 497 g/mol. The maximum atomic E-state index is 13.5. The number of rotatable bonds is 5. The van der Waals surface area contributed by atoms with Gasteiger partial charge >= 0.3 is 0 Å². The number of ether oxygens (including phenoxy) is 1. The molecule has 158 valence electrons. The molecule has 7 nitrogen and oxygen atoms in total. The largest absolute Gasteiger partial charge is 0.379 e. The summed E-state index contributed by atoms with van der Waals surface area (Å²) < 4.78 is 7.46. The van der Waals surface area contributed by atoms with Gasteiger partial charge in [-0.1, -0.05) is 39.4 Å². The third-order valence-corrected chi connectivity index (χ3v) is 6.76. The molecule has 0 N–H and O–H groups in total. The van der Waals surface area contributed by atoms with E-state index in [-0.39, 0.29) is 5.91 Å². The highest BCUT2D eigenvalue weighted by Gasteiger charge is 2.24. The summed E-state index contributed by atoms with van der Waals surface area (Å²) in [7, 11) is 0. The molecule has 4 aromatic rings. The number of halogens is 1. The van der Waals surface area contributed by atoms with E-state index < -0.39 is 0 Å². The van der Waals surface area contributed by atoms with Crippen LogP contribution < -0.4 is 4.90 Å². The topological polar surface area (TPSA) is 71.5 Å². The molecule has 0 spiro atoms. The maximum Gasteiger partial charge on any atom is 0.280 e. The van der Waals surface area contributed by atoms with Crippen LogP contribution in [0, 0.1) is 0 Å². The van der Waals surface area contributed by atoms with Crippen molar-refractivity contribution in [3.8, 4) is 0 Å². The van der Waals surface area contributed by atoms with Crippen molar-refractivity contribution in [2.75, 3.05) is 44.3 Å². The summed E-state index contributed by atoms with van der Waals surface area (Å²) in [6.07, 6.45) is 1.55. The Morgan fingerprint density at radius 1 is 1.10 bits per heavy atom. The Morgan fingerprint density at radius 3 is 2.74 bits per heavy atom. The van der Waals surface area contributed by atoms with Crippen molar-refractivity contribution in [3.05, 3.63) is 58.8 Å². The second kappa shape index (κ2) is 8.96. The number of benzene rings is 2. The quantitative estimate of drug-likeness (QED) is 0.415. The van der Waals surface area contributed by atoms with Gasteiger partial charge in [-0.25, -0.2) is 9.97 Å². The number of nitrogens with zero attached hydrogens (tertiary/aromatic N) is 5. The van der Waals surface area contributed by atoms with Crippen LogP contribution in [0.3, 0.4) is 0 Å². The molecule has 1 aliphatic heterocycles. The van der Waals surface area contributed by atoms with Gasteiger partial charge in [0.05, 0.1) is 40.7 Å². The van der Waals surface area contributed by atoms with E-state index in [9.17, 15) is 4.79 Å². The summed E-state index contributed by atoms with van der Waals surface area (Å²) in [4.78, 5) is 31.3. The van der Waals surface area contributed by atoms with Crippen LogP contribution >= 0.6 is 27.3 Å². The van der Waals surface area contributed by atoms with E-state index in [4.69, 9.17) is 9.72 Å². The van der Waals surface area contributed by atoms with Gasteiger partial charge in [0.25, 0.3) is 5.91 Å². The van der Waals surface area contributed by atoms with Crippen molar-refractivity contribution in [3.63, 3.8) is 0 Å². The second-order valence-electron chi connectivity index (χ2n) is 7.26. The average Bonchev–Trinajstić information content (AvgIpc) is 3.22. The van der Waals surface area contributed by atoms with Crippen molar-refractivity contribution in [1.29, 1.82) is 0 Å². The third-order valence-electron chi connectivity index (χ3n) is 5.23. The highest BCUT2D eigenvalue weighted by molar-refractivity contribution is 9.10. The van der Waals surface area contributed by atoms with Gasteiger partial charge < -0.3 is 4.74 Å². The van der Waals surface area contributed by atoms with Crippen LogP contribution in [-0.2, 0) is 4.74 Å². The van der Waals surface area contributed by atoms with Crippen molar-refractivity contribution in [2.45, 2.75) is 0 Å². The summed E-state index contributed by atoms with van der Waals surface area (Å²) in [5.74, 6) is -0.190. The Labute approximate surface area is 191 Å². The first kappa shape index (κ1) is 20.4. The number of hydrogen-bond acceptors (Lipinski definition) is 7. The maximum absolute atomic E-state index is 13.5. The molecule has 0 saturated carbocycles. The number of amides is 1. The molecule has 1 fully saturated rings. The molecule has 1 aliphatic rings. The lowest BCUT2D eigenvalue weighted by molar-refractivity contribution is 0.0391. The van der Waals surface area contributed by atoms with Crippen LogP contribution in [0.1, 0.15) is 10.5 Å². The van der Waals surface area contributed by atoms with Crippen LogP contribution in [0.2, 0.25) is 0 Å². The van der Waals surface area contributed by atoms with Crippen LogP contribution in [-0.4, -0.2) is 65.2 Å². The fourth-order valence-electron chi connectivity index (χ4n) is 3.55. The molecule has 1 amide bonds. The lowest BCUT2D eigenvalue weighted by atomic mass is 10.3. The van der Waals surface area contributed by atoms with E-state index in [1.807, 2.05) is 42.5 Å². The highest BCUT2D eigenvalue weighted by Crippen LogP contribution is 2.31. The minimum absolute atomic E-state index is 0.190. The lowest BCUT2D eigenvalue weighted by Crippen LogP contribution is -2.43. The van der Waals surface area contributed by atoms with Gasteiger partial charge in [0.15, 0.2) is 5.13 Å². The van der Waals surface area contributed by atoms with Crippen LogP contribution in [0.25, 0.3) is 21.3 Å². The zero-order valence-electron chi connectivity index (χ0n) is 16.7. The number of para-hydroxylation sites is 2. The molecule has 5 rings (SSSR count). The van der Waals surface area contributed by atoms with Crippen LogP contribution in [0.4, 0.5) is 5.13 Å². The van der Waals surface area contributed by atoms with Gasteiger partial charge in [-0.2, -0.15) is 0 Å². The first-order valence-corrected chi connectivity index (χ1v) is 11.7. The fraction of sp³-hybridized carbons (Fsp3) is 0.273. The first-order chi connectivity index (χ1) is 15.2. The molecule has 1 saturated heterocycles. The van der Waals surface area contributed by atoms with Gasteiger partial charge in [0.2, 0.25) is 0 Å². The smallest absolute Gasteiger partial charge is 0.280 e. The van der Waals surface area contributed by atoms with Gasteiger partial charge in [-0.3, -0.25) is 19.6 Å². The zero-order valence-corrected chi connectivity index (χ0v) is 19.1. The van der Waals surface area contributed by atoms with E-state index in [1.54, 1.807) is 11.1 Å². The fourth-order valence-corrected chi connectivity index (χ4v) is 5.09. The summed E-state index contributed by atoms with van der Waals surface area (Å²) in [6, 6.07) is 13.5. The minimum atomic E-state index is -0.190. The Balaban J connectivity index is 1.48. The highest BCUT2D eigenvalue weighted by atomic mass is 79.9. The molecule has 9 heteroatoms. The van der Waals surface area contributed by atoms with E-state index >= 15 is 0 Å². The molecule has 2 aromatic heterocycles. The summed E-state index contributed by atoms with van der Waals surface area (Å²) in [5, 5.41) is 0.668. The second-order valence-corrected chi connectivity index (χ2v) is 9.19. The summed E-state index contributed by atoms with van der Waals surface area (Å²) >= 11 is 5.02. The number of anilines is 1. The molecule has 31 heavy (non-hydrogen) atoms. The average molecular weight is 498 g/mol. The van der Waals surface area contributed by atoms with Gasteiger partial charge in [-0.15, -0.1) is 0 Å². The Hall–Kier alpha value is -2.46. The summed E-state index contributed by atoms with van der Waals surface area (Å²) in [5.41, 5.74) is 2.66. The predicted octanol–water partition coefficient (Wildman–Crippen LogP) is 3.98. The van der Waals surface area contributed by atoms with Crippen LogP contribution in [0.5, 0.6) is 0 Å². The molecular formula is C22H20BrN5O2S.